The van der Waals surface area contributed by atoms with Crippen LogP contribution in [0.15, 0.2) is 54.6 Å². The van der Waals surface area contributed by atoms with Crippen molar-refractivity contribution >= 4 is 23.2 Å². The molecule has 0 aromatic heterocycles. The minimum atomic E-state index is -0.298. The number of para-hydroxylation sites is 1. The van der Waals surface area contributed by atoms with E-state index in [9.17, 15) is 9.59 Å². The lowest BCUT2D eigenvalue weighted by atomic mass is 10.2. The van der Waals surface area contributed by atoms with E-state index >= 15 is 0 Å². The number of amides is 2. The van der Waals surface area contributed by atoms with Gasteiger partial charge in [0.25, 0.3) is 0 Å². The number of carbonyl (C=O) groups excluding carboxylic acids is 2. The fourth-order valence-electron chi connectivity index (χ4n) is 3.20. The summed E-state index contributed by atoms with van der Waals surface area (Å²) >= 11 is 0. The molecule has 0 radical (unpaired) electrons. The molecule has 1 aliphatic rings. The maximum absolute atomic E-state index is 12.4. The number of hydrogen-bond acceptors (Lipinski definition) is 4. The molecule has 0 saturated carbocycles. The molecular weight excluding hydrogens is 354 g/mol. The van der Waals surface area contributed by atoms with Crippen molar-refractivity contribution in [3.05, 3.63) is 54.6 Å². The minimum Gasteiger partial charge on any atom is -0.491 e. The Bertz CT molecular complexity index is 782. The van der Waals surface area contributed by atoms with Crippen molar-refractivity contribution in [2.75, 3.05) is 36.4 Å². The third-order valence-electron chi connectivity index (χ3n) is 4.58. The second-order valence-corrected chi connectivity index (χ2v) is 7.12. The number of benzene rings is 2. The van der Waals surface area contributed by atoms with Crippen molar-refractivity contribution in [1.82, 2.24) is 4.90 Å². The van der Waals surface area contributed by atoms with Crippen LogP contribution in [0.1, 0.15) is 20.3 Å². The van der Waals surface area contributed by atoms with E-state index in [-0.39, 0.29) is 24.3 Å². The van der Waals surface area contributed by atoms with Gasteiger partial charge in [-0.25, -0.2) is 0 Å². The van der Waals surface area contributed by atoms with Crippen LogP contribution >= 0.6 is 0 Å². The fourth-order valence-corrected chi connectivity index (χ4v) is 3.20. The first-order chi connectivity index (χ1) is 13.5. The number of nitrogens with zero attached hydrogens (tertiary/aromatic N) is 2. The van der Waals surface area contributed by atoms with Gasteiger partial charge in [-0.05, 0) is 50.2 Å². The van der Waals surface area contributed by atoms with Gasteiger partial charge in [0.2, 0.25) is 11.8 Å². The number of piperazine rings is 1. The highest BCUT2D eigenvalue weighted by Gasteiger charge is 2.23. The minimum absolute atomic E-state index is 0.0976. The second-order valence-electron chi connectivity index (χ2n) is 7.12. The van der Waals surface area contributed by atoms with Crippen LogP contribution in [0.2, 0.25) is 0 Å². The Balaban J connectivity index is 1.45. The molecular formula is C22H27N3O3. The first kappa shape index (κ1) is 19.7. The van der Waals surface area contributed by atoms with Gasteiger partial charge in [-0.1, -0.05) is 18.2 Å². The SMILES string of the molecule is CC(C)Oc1ccc(NC(=O)CC(=O)N2CCN(c3ccccc3)CC2)cc1. The molecule has 1 saturated heterocycles. The Labute approximate surface area is 166 Å². The zero-order valence-corrected chi connectivity index (χ0v) is 16.4. The zero-order chi connectivity index (χ0) is 19.9. The normalized spacial score (nSPS) is 14.1. The lowest BCUT2D eigenvalue weighted by Crippen LogP contribution is -2.49. The Hall–Kier alpha value is -3.02. The maximum atomic E-state index is 12.4. The van der Waals surface area contributed by atoms with E-state index in [0.29, 0.717) is 18.8 Å². The Morgan fingerprint density at radius 3 is 2.21 bits per heavy atom. The molecule has 0 aliphatic carbocycles. The van der Waals surface area contributed by atoms with Crippen molar-refractivity contribution in [2.45, 2.75) is 26.4 Å². The summed E-state index contributed by atoms with van der Waals surface area (Å²) in [4.78, 5) is 28.7. The van der Waals surface area contributed by atoms with Gasteiger partial charge in [0.05, 0.1) is 6.10 Å². The van der Waals surface area contributed by atoms with Gasteiger partial charge in [-0.2, -0.15) is 0 Å². The van der Waals surface area contributed by atoms with E-state index in [2.05, 4.69) is 22.3 Å². The molecule has 1 heterocycles. The second kappa shape index (κ2) is 9.26. The number of ether oxygens (including phenoxy) is 1. The Morgan fingerprint density at radius 2 is 1.61 bits per heavy atom. The number of carbonyl (C=O) groups is 2. The molecule has 6 heteroatoms. The van der Waals surface area contributed by atoms with Crippen LogP contribution in [0.5, 0.6) is 5.75 Å². The maximum Gasteiger partial charge on any atom is 0.233 e. The van der Waals surface area contributed by atoms with Crippen LogP contribution < -0.4 is 15.0 Å². The van der Waals surface area contributed by atoms with E-state index in [0.717, 1.165) is 24.5 Å². The van der Waals surface area contributed by atoms with Crippen LogP contribution in [0, 0.1) is 0 Å². The van der Waals surface area contributed by atoms with Gasteiger partial charge < -0.3 is 19.9 Å². The van der Waals surface area contributed by atoms with Crippen molar-refractivity contribution in [2.24, 2.45) is 0 Å². The lowest BCUT2D eigenvalue weighted by Gasteiger charge is -2.36. The quantitative estimate of drug-likeness (QED) is 0.781. The summed E-state index contributed by atoms with van der Waals surface area (Å²) in [7, 11) is 0. The monoisotopic (exact) mass is 381 g/mol. The third-order valence-corrected chi connectivity index (χ3v) is 4.58. The molecule has 3 rings (SSSR count). The van der Waals surface area contributed by atoms with Crippen LogP contribution in [0.25, 0.3) is 0 Å². The van der Waals surface area contributed by atoms with Crippen molar-refractivity contribution in [1.29, 1.82) is 0 Å². The summed E-state index contributed by atoms with van der Waals surface area (Å²) < 4.78 is 5.58. The number of nitrogens with one attached hydrogen (secondary N) is 1. The van der Waals surface area contributed by atoms with Gasteiger partial charge in [0.15, 0.2) is 0 Å². The summed E-state index contributed by atoms with van der Waals surface area (Å²) in [6.45, 7) is 6.72. The molecule has 0 spiro atoms. The van der Waals surface area contributed by atoms with E-state index in [4.69, 9.17) is 4.74 Å². The van der Waals surface area contributed by atoms with Gasteiger partial charge in [-0.15, -0.1) is 0 Å². The molecule has 0 unspecified atom stereocenters. The predicted molar refractivity (Wildman–Crippen MR) is 111 cm³/mol. The van der Waals surface area contributed by atoms with Crippen LogP contribution in [0.3, 0.4) is 0 Å². The third kappa shape index (κ3) is 5.49. The molecule has 6 nitrogen and oxygen atoms in total. The van der Waals surface area contributed by atoms with Gasteiger partial charge >= 0.3 is 0 Å². The van der Waals surface area contributed by atoms with Crippen LogP contribution in [0.4, 0.5) is 11.4 Å². The average molecular weight is 381 g/mol. The van der Waals surface area contributed by atoms with Gasteiger partial charge in [0, 0.05) is 37.6 Å². The predicted octanol–water partition coefficient (Wildman–Crippen LogP) is 3.15. The average Bonchev–Trinajstić information content (AvgIpc) is 2.70. The molecule has 1 fully saturated rings. The van der Waals surface area contributed by atoms with E-state index in [1.54, 1.807) is 29.2 Å². The summed E-state index contributed by atoms with van der Waals surface area (Å²) in [6, 6.07) is 17.3. The molecule has 0 bridgehead atoms. The molecule has 28 heavy (non-hydrogen) atoms. The topological polar surface area (TPSA) is 61.9 Å². The Morgan fingerprint density at radius 1 is 0.964 bits per heavy atom. The summed E-state index contributed by atoms with van der Waals surface area (Å²) in [5.41, 5.74) is 1.82. The first-order valence-corrected chi connectivity index (χ1v) is 9.65. The van der Waals surface area contributed by atoms with Gasteiger partial charge in [0.1, 0.15) is 12.2 Å². The number of hydrogen-bond donors (Lipinski definition) is 1. The first-order valence-electron chi connectivity index (χ1n) is 9.65. The molecule has 2 amide bonds. The smallest absolute Gasteiger partial charge is 0.233 e. The Kier molecular flexibility index (Phi) is 6.53. The summed E-state index contributed by atoms with van der Waals surface area (Å²) in [5, 5.41) is 2.77. The van der Waals surface area contributed by atoms with Crippen molar-refractivity contribution in [3.63, 3.8) is 0 Å². The van der Waals surface area contributed by atoms with Crippen molar-refractivity contribution in [3.8, 4) is 5.75 Å². The van der Waals surface area contributed by atoms with E-state index in [1.165, 1.54) is 0 Å². The molecule has 2 aromatic rings. The fraction of sp³-hybridized carbons (Fsp3) is 0.364. The highest BCUT2D eigenvalue weighted by molar-refractivity contribution is 6.03. The molecule has 2 aromatic carbocycles. The van der Waals surface area contributed by atoms with Crippen LogP contribution in [-0.2, 0) is 9.59 Å². The zero-order valence-electron chi connectivity index (χ0n) is 16.4. The standard InChI is InChI=1S/C22H27N3O3/c1-17(2)28-20-10-8-18(9-11-20)23-21(26)16-22(27)25-14-12-24(13-15-25)19-6-4-3-5-7-19/h3-11,17H,12-16H2,1-2H3,(H,23,26). The van der Waals surface area contributed by atoms with Crippen molar-refractivity contribution < 1.29 is 14.3 Å². The highest BCUT2D eigenvalue weighted by Crippen LogP contribution is 2.18. The molecule has 1 aliphatic heterocycles. The lowest BCUT2D eigenvalue weighted by molar-refractivity contribution is -0.134. The largest absolute Gasteiger partial charge is 0.491 e. The van der Waals surface area contributed by atoms with Crippen LogP contribution in [-0.4, -0.2) is 49.0 Å². The van der Waals surface area contributed by atoms with Gasteiger partial charge in [-0.3, -0.25) is 9.59 Å². The van der Waals surface area contributed by atoms with E-state index in [1.807, 2.05) is 32.0 Å². The molecule has 148 valence electrons. The molecule has 1 N–H and O–H groups in total. The highest BCUT2D eigenvalue weighted by atomic mass is 16.5. The number of anilines is 2. The number of rotatable bonds is 6. The summed E-state index contributed by atoms with van der Waals surface area (Å²) in [6.07, 6.45) is -0.0457. The summed E-state index contributed by atoms with van der Waals surface area (Å²) in [5.74, 6) is 0.318. The van der Waals surface area contributed by atoms with E-state index < -0.39 is 0 Å². The molecule has 0 atom stereocenters.